The molecule has 0 spiro atoms. The Balaban J connectivity index is 1.80. The van der Waals surface area contributed by atoms with Gasteiger partial charge in [-0.1, -0.05) is 23.2 Å². The number of ether oxygens (including phenoxy) is 2. The lowest BCUT2D eigenvalue weighted by atomic mass is 10.2. The molecule has 0 saturated carbocycles. The molecule has 2 aromatic rings. The first kappa shape index (κ1) is 19.3. The van der Waals surface area contributed by atoms with Crippen LogP contribution >= 0.6 is 35.1 Å². The Hall–Kier alpha value is -1.47. The Kier molecular flexibility index (Phi) is 6.64. The van der Waals surface area contributed by atoms with Gasteiger partial charge in [-0.05, 0) is 42.3 Å². The summed E-state index contributed by atoms with van der Waals surface area (Å²) in [7, 11) is 3.28. The zero-order valence-corrected chi connectivity index (χ0v) is 17.0. The van der Waals surface area contributed by atoms with Gasteiger partial charge in [0.05, 0.1) is 30.6 Å². The minimum Gasteiger partial charge on any atom is -0.495 e. The number of anilines is 2. The Bertz CT molecular complexity index is 770. The number of halogens is 2. The van der Waals surface area contributed by atoms with Crippen LogP contribution in [0.4, 0.5) is 11.4 Å². The Morgan fingerprint density at radius 1 is 1.08 bits per heavy atom. The highest BCUT2D eigenvalue weighted by Gasteiger charge is 2.16. The van der Waals surface area contributed by atoms with Crippen LogP contribution in [0.2, 0.25) is 10.0 Å². The molecule has 0 bridgehead atoms. The van der Waals surface area contributed by atoms with E-state index < -0.39 is 0 Å². The maximum absolute atomic E-state index is 6.20. The molecule has 26 heavy (non-hydrogen) atoms. The molecule has 0 atom stereocenters. The number of hydrogen-bond donors (Lipinski definition) is 2. The van der Waals surface area contributed by atoms with Crippen molar-refractivity contribution in [1.29, 1.82) is 0 Å². The van der Waals surface area contributed by atoms with Crippen LogP contribution in [0, 0.1) is 0 Å². The third-order valence-electron chi connectivity index (χ3n) is 4.10. The summed E-state index contributed by atoms with van der Waals surface area (Å²) in [6.45, 7) is 3.85. The molecule has 1 aliphatic heterocycles. The molecule has 2 aromatic carbocycles. The van der Waals surface area contributed by atoms with Crippen molar-refractivity contribution in [2.24, 2.45) is 0 Å². The second-order valence-electron chi connectivity index (χ2n) is 5.74. The van der Waals surface area contributed by atoms with Crippen molar-refractivity contribution < 1.29 is 9.47 Å². The van der Waals surface area contributed by atoms with Gasteiger partial charge in [0.1, 0.15) is 5.75 Å². The molecule has 0 amide bonds. The van der Waals surface area contributed by atoms with E-state index in [0.717, 1.165) is 48.2 Å². The van der Waals surface area contributed by atoms with E-state index in [4.69, 9.17) is 32.7 Å². The summed E-state index contributed by atoms with van der Waals surface area (Å²) in [5.41, 5.74) is 1.83. The minimum absolute atomic E-state index is 0.472. The van der Waals surface area contributed by atoms with Gasteiger partial charge in [-0.15, -0.1) is 0 Å². The quantitative estimate of drug-likeness (QED) is 0.677. The second kappa shape index (κ2) is 8.95. The number of rotatable bonds is 6. The summed E-state index contributed by atoms with van der Waals surface area (Å²) in [6, 6.07) is 9.58. The smallest absolute Gasteiger partial charge is 0.161 e. The van der Waals surface area contributed by atoms with Crippen LogP contribution in [0.5, 0.6) is 11.5 Å². The van der Waals surface area contributed by atoms with Crippen LogP contribution in [0.1, 0.15) is 0 Å². The van der Waals surface area contributed by atoms with Gasteiger partial charge in [0.15, 0.2) is 5.75 Å². The van der Waals surface area contributed by atoms with E-state index in [1.807, 2.05) is 12.1 Å². The molecule has 5 nitrogen and oxygen atoms in total. The third kappa shape index (κ3) is 4.43. The normalized spacial score (nSPS) is 14.2. The van der Waals surface area contributed by atoms with E-state index in [1.165, 1.54) is 11.9 Å². The molecule has 1 aliphatic rings. The van der Waals surface area contributed by atoms with Gasteiger partial charge in [0, 0.05) is 36.1 Å². The van der Waals surface area contributed by atoms with E-state index in [2.05, 4.69) is 21.0 Å². The molecule has 0 aromatic heterocycles. The van der Waals surface area contributed by atoms with Crippen LogP contribution in [-0.2, 0) is 0 Å². The third-order valence-corrected chi connectivity index (χ3v) is 5.41. The van der Waals surface area contributed by atoms with Gasteiger partial charge < -0.3 is 24.4 Å². The van der Waals surface area contributed by atoms with E-state index in [1.54, 1.807) is 26.4 Å². The van der Waals surface area contributed by atoms with Crippen molar-refractivity contribution >= 4 is 46.5 Å². The summed E-state index contributed by atoms with van der Waals surface area (Å²) in [5, 5.41) is 4.39. The van der Waals surface area contributed by atoms with Crippen LogP contribution in [0.25, 0.3) is 0 Å². The summed E-state index contributed by atoms with van der Waals surface area (Å²) in [5.74, 6) is 1.44. The van der Waals surface area contributed by atoms with E-state index >= 15 is 0 Å². The standard InChI is InChI=1S/C18H21Cl2N3O2S/c1-24-17-4-3-13(11-16(17)23-7-5-21-6-8-23)26-22-15-10-12(19)9-14(20)18(15)25-2/h3-4,9-11,21-22H,5-8H2,1-2H3. The van der Waals surface area contributed by atoms with E-state index in [-0.39, 0.29) is 0 Å². The van der Waals surface area contributed by atoms with Gasteiger partial charge in [0.25, 0.3) is 0 Å². The van der Waals surface area contributed by atoms with Gasteiger partial charge in [-0.3, -0.25) is 0 Å². The Labute approximate surface area is 168 Å². The molecule has 0 radical (unpaired) electrons. The van der Waals surface area contributed by atoms with Crippen molar-refractivity contribution in [3.05, 3.63) is 40.4 Å². The molecular formula is C18H21Cl2N3O2S. The fourth-order valence-electron chi connectivity index (χ4n) is 2.84. The second-order valence-corrected chi connectivity index (χ2v) is 7.47. The molecule has 1 fully saturated rings. The predicted molar refractivity (Wildman–Crippen MR) is 111 cm³/mol. The predicted octanol–water partition coefficient (Wildman–Crippen LogP) is 4.54. The number of piperazine rings is 1. The molecule has 1 heterocycles. The highest BCUT2D eigenvalue weighted by Crippen LogP contribution is 2.39. The van der Waals surface area contributed by atoms with Crippen molar-refractivity contribution in [2.75, 3.05) is 50.0 Å². The molecule has 2 N–H and O–H groups in total. The summed E-state index contributed by atoms with van der Waals surface area (Å²) in [4.78, 5) is 3.38. The lowest BCUT2D eigenvalue weighted by Crippen LogP contribution is -2.43. The average molecular weight is 414 g/mol. The van der Waals surface area contributed by atoms with Crippen LogP contribution < -0.4 is 24.4 Å². The Morgan fingerprint density at radius 3 is 2.54 bits per heavy atom. The molecular weight excluding hydrogens is 393 g/mol. The lowest BCUT2D eigenvalue weighted by Gasteiger charge is -2.30. The van der Waals surface area contributed by atoms with Crippen molar-refractivity contribution in [2.45, 2.75) is 4.90 Å². The topological polar surface area (TPSA) is 45.8 Å². The van der Waals surface area contributed by atoms with Crippen molar-refractivity contribution in [3.63, 3.8) is 0 Å². The molecule has 8 heteroatoms. The maximum atomic E-state index is 6.20. The van der Waals surface area contributed by atoms with Crippen LogP contribution in [0.15, 0.2) is 35.2 Å². The number of hydrogen-bond acceptors (Lipinski definition) is 6. The molecule has 140 valence electrons. The average Bonchev–Trinajstić information content (AvgIpc) is 2.66. The SMILES string of the molecule is COc1ccc(SNc2cc(Cl)cc(Cl)c2OC)cc1N1CCNCC1. The fourth-order valence-corrected chi connectivity index (χ4v) is 4.10. The number of nitrogens with zero attached hydrogens (tertiary/aromatic N) is 1. The van der Waals surface area contributed by atoms with Crippen molar-refractivity contribution in [3.8, 4) is 11.5 Å². The number of methoxy groups -OCH3 is 2. The number of nitrogens with one attached hydrogen (secondary N) is 2. The van der Waals surface area contributed by atoms with Gasteiger partial charge in [-0.2, -0.15) is 0 Å². The zero-order chi connectivity index (χ0) is 18.5. The lowest BCUT2D eigenvalue weighted by molar-refractivity contribution is 0.412. The first-order valence-electron chi connectivity index (χ1n) is 8.22. The van der Waals surface area contributed by atoms with Crippen LogP contribution in [0.3, 0.4) is 0 Å². The van der Waals surface area contributed by atoms with Gasteiger partial charge in [-0.25, -0.2) is 0 Å². The van der Waals surface area contributed by atoms with Crippen molar-refractivity contribution in [1.82, 2.24) is 5.32 Å². The number of benzene rings is 2. The first-order chi connectivity index (χ1) is 12.6. The zero-order valence-electron chi connectivity index (χ0n) is 14.6. The summed E-state index contributed by atoms with van der Waals surface area (Å²) in [6.07, 6.45) is 0. The maximum Gasteiger partial charge on any atom is 0.161 e. The summed E-state index contributed by atoms with van der Waals surface area (Å²) >= 11 is 13.8. The van der Waals surface area contributed by atoms with Crippen LogP contribution in [-0.4, -0.2) is 40.4 Å². The highest BCUT2D eigenvalue weighted by atomic mass is 35.5. The minimum atomic E-state index is 0.472. The molecule has 1 saturated heterocycles. The first-order valence-corrected chi connectivity index (χ1v) is 9.79. The monoisotopic (exact) mass is 413 g/mol. The molecule has 3 rings (SSSR count). The van der Waals surface area contributed by atoms with Gasteiger partial charge >= 0.3 is 0 Å². The molecule has 0 aliphatic carbocycles. The van der Waals surface area contributed by atoms with E-state index in [0.29, 0.717) is 15.8 Å². The largest absolute Gasteiger partial charge is 0.495 e. The molecule has 0 unspecified atom stereocenters. The Morgan fingerprint density at radius 2 is 1.85 bits per heavy atom. The van der Waals surface area contributed by atoms with Gasteiger partial charge in [0.2, 0.25) is 0 Å². The summed E-state index contributed by atoms with van der Waals surface area (Å²) < 4.78 is 14.2. The van der Waals surface area contributed by atoms with E-state index in [9.17, 15) is 0 Å². The fraction of sp³-hybridized carbons (Fsp3) is 0.333. The highest BCUT2D eigenvalue weighted by molar-refractivity contribution is 8.00.